The summed E-state index contributed by atoms with van der Waals surface area (Å²) in [6.07, 6.45) is 6.18. The zero-order chi connectivity index (χ0) is 17.8. The zero-order valence-electron chi connectivity index (χ0n) is 15.4. The molecule has 1 unspecified atom stereocenters. The lowest BCUT2D eigenvalue weighted by Crippen LogP contribution is -2.41. The number of likely N-dealkylation sites (tertiary alicyclic amines) is 1. The highest BCUT2D eigenvalue weighted by molar-refractivity contribution is 5.80. The standard InChI is InChI=1S/C20H27N5O/c1-21-19(24-10-6-20(15-24)7-11-26-16-20)22-13-17-4-2-5-18(12-17)14-25-9-3-8-23-25/h2-5,8-9,12H,6-7,10-11,13-16H2,1H3,(H,21,22). The topological polar surface area (TPSA) is 54.7 Å². The molecule has 2 aliphatic rings. The Morgan fingerprint density at radius 1 is 1.31 bits per heavy atom. The molecule has 2 aliphatic heterocycles. The van der Waals surface area contributed by atoms with Gasteiger partial charge < -0.3 is 15.0 Å². The molecule has 6 heteroatoms. The number of benzene rings is 1. The summed E-state index contributed by atoms with van der Waals surface area (Å²) < 4.78 is 7.58. The highest BCUT2D eigenvalue weighted by Crippen LogP contribution is 2.38. The lowest BCUT2D eigenvalue weighted by Gasteiger charge is -2.25. The van der Waals surface area contributed by atoms with E-state index in [2.05, 4.69) is 44.6 Å². The predicted molar refractivity (Wildman–Crippen MR) is 102 cm³/mol. The first-order chi connectivity index (χ1) is 12.8. The minimum atomic E-state index is 0.349. The number of rotatable bonds is 4. The maximum absolute atomic E-state index is 5.64. The predicted octanol–water partition coefficient (Wildman–Crippen LogP) is 2.12. The van der Waals surface area contributed by atoms with Crippen LogP contribution in [0.1, 0.15) is 24.0 Å². The van der Waals surface area contributed by atoms with Crippen LogP contribution >= 0.6 is 0 Å². The Hall–Kier alpha value is -2.34. The van der Waals surface area contributed by atoms with E-state index < -0.39 is 0 Å². The van der Waals surface area contributed by atoms with Crippen LogP contribution in [0.3, 0.4) is 0 Å². The van der Waals surface area contributed by atoms with Gasteiger partial charge in [-0.15, -0.1) is 0 Å². The molecule has 138 valence electrons. The van der Waals surface area contributed by atoms with Gasteiger partial charge >= 0.3 is 0 Å². The summed E-state index contributed by atoms with van der Waals surface area (Å²) in [6, 6.07) is 10.6. The quantitative estimate of drug-likeness (QED) is 0.676. The first kappa shape index (κ1) is 17.1. The van der Waals surface area contributed by atoms with Gasteiger partial charge in [-0.3, -0.25) is 9.67 Å². The van der Waals surface area contributed by atoms with Crippen LogP contribution in [0.25, 0.3) is 0 Å². The van der Waals surface area contributed by atoms with Gasteiger partial charge in [-0.1, -0.05) is 24.3 Å². The SMILES string of the molecule is CN=C(NCc1cccc(Cn2cccn2)c1)N1CCC2(CCOC2)C1. The minimum absolute atomic E-state index is 0.349. The average molecular weight is 353 g/mol. The first-order valence-corrected chi connectivity index (χ1v) is 9.35. The Labute approximate surface area is 154 Å². The Balaban J connectivity index is 1.35. The average Bonchev–Trinajstić information content (AvgIpc) is 3.40. The third-order valence-corrected chi connectivity index (χ3v) is 5.48. The second kappa shape index (κ2) is 7.50. The molecule has 0 saturated carbocycles. The summed E-state index contributed by atoms with van der Waals surface area (Å²) in [4.78, 5) is 6.88. The van der Waals surface area contributed by atoms with Crippen LogP contribution < -0.4 is 5.32 Å². The third kappa shape index (κ3) is 3.75. The molecule has 0 aliphatic carbocycles. The molecular formula is C20H27N5O. The van der Waals surface area contributed by atoms with Crippen molar-refractivity contribution in [2.45, 2.75) is 25.9 Å². The van der Waals surface area contributed by atoms with Gasteiger partial charge in [0.25, 0.3) is 0 Å². The molecule has 2 saturated heterocycles. The monoisotopic (exact) mass is 353 g/mol. The van der Waals surface area contributed by atoms with Gasteiger partial charge in [0.15, 0.2) is 5.96 Å². The van der Waals surface area contributed by atoms with Crippen molar-refractivity contribution in [2.75, 3.05) is 33.4 Å². The van der Waals surface area contributed by atoms with Crippen molar-refractivity contribution >= 4 is 5.96 Å². The van der Waals surface area contributed by atoms with Crippen LogP contribution in [0.15, 0.2) is 47.7 Å². The van der Waals surface area contributed by atoms with Crippen LogP contribution in [0.5, 0.6) is 0 Å². The summed E-state index contributed by atoms with van der Waals surface area (Å²) in [5.74, 6) is 0.992. The number of hydrogen-bond acceptors (Lipinski definition) is 3. The van der Waals surface area contributed by atoms with E-state index in [-0.39, 0.29) is 0 Å². The fraction of sp³-hybridized carbons (Fsp3) is 0.500. The molecule has 1 aromatic carbocycles. The fourth-order valence-electron chi connectivity index (χ4n) is 4.02. The zero-order valence-corrected chi connectivity index (χ0v) is 15.4. The number of ether oxygens (including phenoxy) is 1. The second-order valence-corrected chi connectivity index (χ2v) is 7.40. The molecule has 1 atom stereocenters. The number of aromatic nitrogens is 2. The van der Waals surface area contributed by atoms with Crippen LogP contribution in [-0.4, -0.2) is 54.0 Å². The molecular weight excluding hydrogens is 326 g/mol. The van der Waals surface area contributed by atoms with Crippen LogP contribution in [0.2, 0.25) is 0 Å². The van der Waals surface area contributed by atoms with Crippen molar-refractivity contribution in [3.05, 3.63) is 53.9 Å². The van der Waals surface area contributed by atoms with Crippen LogP contribution in [-0.2, 0) is 17.8 Å². The molecule has 1 N–H and O–H groups in total. The smallest absolute Gasteiger partial charge is 0.193 e. The van der Waals surface area contributed by atoms with E-state index in [4.69, 9.17) is 4.74 Å². The van der Waals surface area contributed by atoms with Gasteiger partial charge in [0.2, 0.25) is 0 Å². The molecule has 0 radical (unpaired) electrons. The molecule has 6 nitrogen and oxygen atoms in total. The molecule has 0 bridgehead atoms. The molecule has 0 amide bonds. The number of guanidine groups is 1. The number of nitrogens with one attached hydrogen (secondary N) is 1. The third-order valence-electron chi connectivity index (χ3n) is 5.48. The summed E-state index contributed by atoms with van der Waals surface area (Å²) in [5.41, 5.74) is 2.86. The normalized spacial score (nSPS) is 23.1. The van der Waals surface area contributed by atoms with E-state index in [1.807, 2.05) is 30.2 Å². The lowest BCUT2D eigenvalue weighted by atomic mass is 9.87. The Bertz CT molecular complexity index is 749. The molecule has 1 aromatic heterocycles. The van der Waals surface area contributed by atoms with Crippen LogP contribution in [0.4, 0.5) is 0 Å². The van der Waals surface area contributed by atoms with E-state index in [9.17, 15) is 0 Å². The van der Waals surface area contributed by atoms with Gasteiger partial charge in [-0.2, -0.15) is 5.10 Å². The Morgan fingerprint density at radius 3 is 3.00 bits per heavy atom. The molecule has 2 fully saturated rings. The molecule has 1 spiro atoms. The fourth-order valence-corrected chi connectivity index (χ4v) is 4.02. The Kier molecular flexibility index (Phi) is 4.93. The van der Waals surface area contributed by atoms with E-state index in [0.29, 0.717) is 5.41 Å². The van der Waals surface area contributed by atoms with Gasteiger partial charge in [-0.05, 0) is 30.0 Å². The maximum atomic E-state index is 5.64. The second-order valence-electron chi connectivity index (χ2n) is 7.40. The van der Waals surface area contributed by atoms with E-state index >= 15 is 0 Å². The van der Waals surface area contributed by atoms with Gasteiger partial charge in [0, 0.05) is 51.1 Å². The first-order valence-electron chi connectivity index (χ1n) is 9.35. The van der Waals surface area contributed by atoms with Gasteiger partial charge in [0.1, 0.15) is 0 Å². The molecule has 3 heterocycles. The summed E-state index contributed by atoms with van der Waals surface area (Å²) >= 11 is 0. The van der Waals surface area contributed by atoms with Gasteiger partial charge in [0.05, 0.1) is 13.2 Å². The minimum Gasteiger partial charge on any atom is -0.381 e. The summed E-state index contributed by atoms with van der Waals surface area (Å²) in [7, 11) is 1.87. The van der Waals surface area contributed by atoms with E-state index in [1.165, 1.54) is 24.0 Å². The van der Waals surface area contributed by atoms with Crippen molar-refractivity contribution in [1.29, 1.82) is 0 Å². The number of hydrogen-bond donors (Lipinski definition) is 1. The molecule has 2 aromatic rings. The van der Waals surface area contributed by atoms with Crippen molar-refractivity contribution in [1.82, 2.24) is 20.0 Å². The largest absolute Gasteiger partial charge is 0.381 e. The highest BCUT2D eigenvalue weighted by atomic mass is 16.5. The lowest BCUT2D eigenvalue weighted by molar-refractivity contribution is 0.156. The van der Waals surface area contributed by atoms with E-state index in [0.717, 1.165) is 45.4 Å². The highest BCUT2D eigenvalue weighted by Gasteiger charge is 2.42. The summed E-state index contributed by atoms with van der Waals surface area (Å²) in [5, 5.41) is 7.81. The Morgan fingerprint density at radius 2 is 2.23 bits per heavy atom. The van der Waals surface area contributed by atoms with Crippen molar-refractivity contribution in [3.8, 4) is 0 Å². The summed E-state index contributed by atoms with van der Waals surface area (Å²) in [6.45, 7) is 5.48. The van der Waals surface area contributed by atoms with E-state index in [1.54, 1.807) is 0 Å². The van der Waals surface area contributed by atoms with Crippen molar-refractivity contribution in [2.24, 2.45) is 10.4 Å². The van der Waals surface area contributed by atoms with Crippen molar-refractivity contribution < 1.29 is 4.74 Å². The number of nitrogens with zero attached hydrogens (tertiary/aromatic N) is 4. The van der Waals surface area contributed by atoms with Crippen molar-refractivity contribution in [3.63, 3.8) is 0 Å². The molecule has 26 heavy (non-hydrogen) atoms. The maximum Gasteiger partial charge on any atom is 0.193 e. The van der Waals surface area contributed by atoms with Gasteiger partial charge in [-0.25, -0.2) is 0 Å². The molecule has 4 rings (SSSR count). The number of aliphatic imine (C=N–C) groups is 1. The van der Waals surface area contributed by atoms with Crippen LogP contribution in [0, 0.1) is 5.41 Å².